The average molecular weight is 296 g/mol. The summed E-state index contributed by atoms with van der Waals surface area (Å²) in [5.41, 5.74) is 0.311. The van der Waals surface area contributed by atoms with Gasteiger partial charge in [0.05, 0.1) is 19.6 Å². The molecule has 1 amide bonds. The van der Waals surface area contributed by atoms with Gasteiger partial charge in [0.1, 0.15) is 11.9 Å². The predicted octanol–water partition coefficient (Wildman–Crippen LogP) is 0.940. The number of rotatable bonds is 5. The first-order valence-electron chi connectivity index (χ1n) is 6.66. The lowest BCUT2D eigenvalue weighted by molar-refractivity contribution is -0.147. The van der Waals surface area contributed by atoms with E-state index < -0.39 is 23.7 Å². The van der Waals surface area contributed by atoms with Gasteiger partial charge in [-0.3, -0.25) is 14.5 Å². The summed E-state index contributed by atoms with van der Waals surface area (Å²) in [6.07, 6.45) is -0.189. The highest BCUT2D eigenvalue weighted by Gasteiger charge is 2.29. The van der Waals surface area contributed by atoms with Crippen molar-refractivity contribution in [3.63, 3.8) is 0 Å². The molecule has 6 nitrogen and oxygen atoms in total. The molecule has 1 fully saturated rings. The zero-order valence-electron chi connectivity index (χ0n) is 11.4. The van der Waals surface area contributed by atoms with Crippen LogP contribution in [0.4, 0.5) is 10.1 Å². The van der Waals surface area contributed by atoms with Gasteiger partial charge in [-0.25, -0.2) is 4.39 Å². The molecule has 1 atom stereocenters. The lowest BCUT2D eigenvalue weighted by atomic mass is 10.1. The Bertz CT molecular complexity index is 517. The van der Waals surface area contributed by atoms with E-state index in [4.69, 9.17) is 4.74 Å². The Labute approximate surface area is 121 Å². The fourth-order valence-corrected chi connectivity index (χ4v) is 2.22. The Morgan fingerprint density at radius 2 is 2.10 bits per heavy atom. The summed E-state index contributed by atoms with van der Waals surface area (Å²) >= 11 is 0. The lowest BCUT2D eigenvalue weighted by Crippen LogP contribution is -2.48. The van der Waals surface area contributed by atoms with Crippen LogP contribution in [0.15, 0.2) is 24.3 Å². The number of nitrogens with zero attached hydrogens (tertiary/aromatic N) is 1. The molecule has 1 aliphatic rings. The molecule has 0 radical (unpaired) electrons. The second-order valence-electron chi connectivity index (χ2n) is 4.77. The van der Waals surface area contributed by atoms with Crippen molar-refractivity contribution in [3.8, 4) is 0 Å². The Hall–Kier alpha value is -1.99. The smallest absolute Gasteiger partial charge is 0.321 e. The number of hydrogen-bond donors (Lipinski definition) is 2. The van der Waals surface area contributed by atoms with Gasteiger partial charge in [0.25, 0.3) is 0 Å². The topological polar surface area (TPSA) is 78.9 Å². The Morgan fingerprint density at radius 1 is 1.38 bits per heavy atom. The van der Waals surface area contributed by atoms with Gasteiger partial charge in [0, 0.05) is 18.8 Å². The first-order valence-corrected chi connectivity index (χ1v) is 6.66. The monoisotopic (exact) mass is 296 g/mol. The van der Waals surface area contributed by atoms with Gasteiger partial charge in [0.15, 0.2) is 0 Å². The van der Waals surface area contributed by atoms with Crippen molar-refractivity contribution in [2.45, 2.75) is 12.5 Å². The third-order valence-corrected chi connectivity index (χ3v) is 3.26. The SMILES string of the molecule is O=C(CC(C(=O)O)N1CCOCC1)Nc1cccc(F)c1. The van der Waals surface area contributed by atoms with Crippen molar-refractivity contribution in [2.24, 2.45) is 0 Å². The standard InChI is InChI=1S/C14H17FN2O4/c15-10-2-1-3-11(8-10)16-13(18)9-12(14(19)20)17-4-6-21-7-5-17/h1-3,8,12H,4-7,9H2,(H,16,18)(H,19,20). The van der Waals surface area contributed by atoms with Crippen molar-refractivity contribution < 1.29 is 23.8 Å². The van der Waals surface area contributed by atoms with Crippen molar-refractivity contribution in [1.29, 1.82) is 0 Å². The Kier molecular flexibility index (Phi) is 5.24. The molecule has 114 valence electrons. The maximum atomic E-state index is 13.0. The fraction of sp³-hybridized carbons (Fsp3) is 0.429. The molecule has 7 heteroatoms. The van der Waals surface area contributed by atoms with Crippen LogP contribution < -0.4 is 5.32 Å². The molecule has 0 aromatic heterocycles. The number of morpholine rings is 1. The van der Waals surface area contributed by atoms with Crippen molar-refractivity contribution in [1.82, 2.24) is 4.90 Å². The average Bonchev–Trinajstić information content (AvgIpc) is 2.45. The number of ether oxygens (including phenoxy) is 1. The highest BCUT2D eigenvalue weighted by atomic mass is 19.1. The van der Waals surface area contributed by atoms with Crippen LogP contribution in [0.1, 0.15) is 6.42 Å². The van der Waals surface area contributed by atoms with Gasteiger partial charge in [-0.2, -0.15) is 0 Å². The van der Waals surface area contributed by atoms with Crippen LogP contribution in [-0.4, -0.2) is 54.2 Å². The van der Waals surface area contributed by atoms with Crippen LogP contribution in [0, 0.1) is 5.82 Å². The van der Waals surface area contributed by atoms with Crippen molar-refractivity contribution in [3.05, 3.63) is 30.1 Å². The minimum absolute atomic E-state index is 0.189. The molecule has 0 spiro atoms. The van der Waals surface area contributed by atoms with E-state index in [1.165, 1.54) is 18.2 Å². The predicted molar refractivity (Wildman–Crippen MR) is 73.5 cm³/mol. The van der Waals surface area contributed by atoms with E-state index in [9.17, 15) is 19.1 Å². The van der Waals surface area contributed by atoms with E-state index in [1.54, 1.807) is 11.0 Å². The molecule has 1 aromatic carbocycles. The second kappa shape index (κ2) is 7.14. The Balaban J connectivity index is 1.96. The van der Waals surface area contributed by atoms with E-state index in [2.05, 4.69) is 5.32 Å². The van der Waals surface area contributed by atoms with Gasteiger partial charge in [0.2, 0.25) is 5.91 Å². The molecule has 2 N–H and O–H groups in total. The van der Waals surface area contributed by atoms with Crippen LogP contribution >= 0.6 is 0 Å². The quantitative estimate of drug-likeness (QED) is 0.845. The third-order valence-electron chi connectivity index (χ3n) is 3.26. The van der Waals surface area contributed by atoms with Crippen molar-refractivity contribution >= 4 is 17.6 Å². The molecule has 1 aliphatic heterocycles. The van der Waals surface area contributed by atoms with E-state index in [0.29, 0.717) is 32.0 Å². The molecular weight excluding hydrogens is 279 g/mol. The Morgan fingerprint density at radius 3 is 2.71 bits per heavy atom. The van der Waals surface area contributed by atoms with E-state index in [1.807, 2.05) is 0 Å². The summed E-state index contributed by atoms with van der Waals surface area (Å²) in [4.78, 5) is 25.0. The zero-order valence-corrected chi connectivity index (χ0v) is 11.4. The molecule has 1 aromatic rings. The van der Waals surface area contributed by atoms with Crippen LogP contribution in [-0.2, 0) is 14.3 Å². The fourth-order valence-electron chi connectivity index (χ4n) is 2.22. The van der Waals surface area contributed by atoms with Gasteiger partial charge < -0.3 is 15.2 Å². The molecule has 0 bridgehead atoms. The van der Waals surface area contributed by atoms with Crippen LogP contribution in [0.3, 0.4) is 0 Å². The van der Waals surface area contributed by atoms with E-state index in [-0.39, 0.29) is 6.42 Å². The molecule has 21 heavy (non-hydrogen) atoms. The zero-order chi connectivity index (χ0) is 15.2. The molecule has 0 aliphatic carbocycles. The van der Waals surface area contributed by atoms with E-state index >= 15 is 0 Å². The maximum Gasteiger partial charge on any atom is 0.321 e. The number of amides is 1. The number of aliphatic carboxylic acids is 1. The van der Waals surface area contributed by atoms with Gasteiger partial charge in [-0.15, -0.1) is 0 Å². The highest BCUT2D eigenvalue weighted by Crippen LogP contribution is 2.12. The van der Waals surface area contributed by atoms with Gasteiger partial charge >= 0.3 is 5.97 Å². The van der Waals surface area contributed by atoms with Crippen molar-refractivity contribution in [2.75, 3.05) is 31.6 Å². The minimum Gasteiger partial charge on any atom is -0.480 e. The van der Waals surface area contributed by atoms with Crippen LogP contribution in [0.2, 0.25) is 0 Å². The summed E-state index contributed by atoms with van der Waals surface area (Å²) in [6.45, 7) is 1.86. The first kappa shape index (κ1) is 15.4. The minimum atomic E-state index is -1.05. The van der Waals surface area contributed by atoms with Gasteiger partial charge in [-0.05, 0) is 18.2 Å². The molecule has 1 saturated heterocycles. The summed E-state index contributed by atoms with van der Waals surface area (Å²) in [5, 5.41) is 11.8. The highest BCUT2D eigenvalue weighted by molar-refractivity contribution is 5.94. The molecule has 2 rings (SSSR count). The largest absolute Gasteiger partial charge is 0.480 e. The summed E-state index contributed by atoms with van der Waals surface area (Å²) in [7, 11) is 0. The number of carbonyl (C=O) groups excluding carboxylic acids is 1. The van der Waals surface area contributed by atoms with Gasteiger partial charge in [-0.1, -0.05) is 6.07 Å². The number of carboxylic acid groups (broad SMARTS) is 1. The number of nitrogens with one attached hydrogen (secondary N) is 1. The summed E-state index contributed by atoms with van der Waals surface area (Å²) in [6, 6.07) is 4.57. The van der Waals surface area contributed by atoms with E-state index in [0.717, 1.165) is 0 Å². The number of hydrogen-bond acceptors (Lipinski definition) is 4. The molecule has 1 heterocycles. The molecular formula is C14H17FN2O4. The summed E-state index contributed by atoms with van der Waals surface area (Å²) in [5.74, 6) is -1.97. The van der Waals surface area contributed by atoms with Crippen LogP contribution in [0.25, 0.3) is 0 Å². The molecule has 0 saturated carbocycles. The second-order valence-corrected chi connectivity index (χ2v) is 4.77. The van der Waals surface area contributed by atoms with Crippen LogP contribution in [0.5, 0.6) is 0 Å². The number of anilines is 1. The maximum absolute atomic E-state index is 13.0. The number of benzene rings is 1. The number of carbonyl (C=O) groups is 2. The normalized spacial score (nSPS) is 17.2. The molecule has 1 unspecified atom stereocenters. The number of halogens is 1. The third kappa shape index (κ3) is 4.51. The number of carboxylic acids is 1. The first-order chi connectivity index (χ1) is 10.1. The lowest BCUT2D eigenvalue weighted by Gasteiger charge is -2.31. The summed E-state index contributed by atoms with van der Waals surface area (Å²) < 4.78 is 18.2.